The molecule has 1 aliphatic carbocycles. The van der Waals surface area contributed by atoms with E-state index < -0.39 is 14.6 Å². The van der Waals surface area contributed by atoms with E-state index in [0.717, 1.165) is 25.5 Å². The summed E-state index contributed by atoms with van der Waals surface area (Å²) in [4.78, 5) is 11.9. The van der Waals surface area contributed by atoms with Crippen LogP contribution in [0.1, 0.15) is 33.1 Å². The van der Waals surface area contributed by atoms with Crippen molar-refractivity contribution in [2.45, 2.75) is 37.9 Å². The van der Waals surface area contributed by atoms with E-state index in [1.54, 1.807) is 0 Å². The molecular formula is C10H16O3S. The van der Waals surface area contributed by atoms with E-state index in [1.807, 2.05) is 6.08 Å². The van der Waals surface area contributed by atoms with Crippen LogP contribution in [0.5, 0.6) is 0 Å². The number of sulfone groups is 1. The normalized spacial score (nSPS) is 18.1. The molecule has 0 bridgehead atoms. The van der Waals surface area contributed by atoms with Gasteiger partial charge in [0.25, 0.3) is 0 Å². The summed E-state index contributed by atoms with van der Waals surface area (Å²) in [5.41, 5.74) is 0.681. The molecule has 0 saturated carbocycles. The van der Waals surface area contributed by atoms with Crippen LogP contribution in [0.15, 0.2) is 11.6 Å². The van der Waals surface area contributed by atoms with Crippen LogP contribution in [0, 0.1) is 0 Å². The van der Waals surface area contributed by atoms with Crippen molar-refractivity contribution in [3.05, 3.63) is 11.6 Å². The van der Waals surface area contributed by atoms with Gasteiger partial charge in [-0.1, -0.05) is 6.08 Å². The maximum Gasteiger partial charge on any atom is 0.179 e. The van der Waals surface area contributed by atoms with E-state index in [9.17, 15) is 13.2 Å². The summed E-state index contributed by atoms with van der Waals surface area (Å²) < 4.78 is 21.5. The minimum absolute atomic E-state index is 0.238. The lowest BCUT2D eigenvalue weighted by Crippen LogP contribution is -2.40. The highest BCUT2D eigenvalue weighted by Crippen LogP contribution is 2.27. The van der Waals surface area contributed by atoms with Crippen molar-refractivity contribution < 1.29 is 13.2 Å². The van der Waals surface area contributed by atoms with Crippen LogP contribution in [-0.4, -0.2) is 25.2 Å². The van der Waals surface area contributed by atoms with E-state index in [-0.39, 0.29) is 5.78 Å². The Balaban J connectivity index is 3.00. The molecule has 0 unspecified atom stereocenters. The van der Waals surface area contributed by atoms with Gasteiger partial charge in [-0.05, 0) is 38.7 Å². The van der Waals surface area contributed by atoms with Crippen LogP contribution >= 0.6 is 0 Å². The molecule has 0 radical (unpaired) electrons. The fourth-order valence-electron chi connectivity index (χ4n) is 1.43. The summed E-state index contributed by atoms with van der Waals surface area (Å²) in [7, 11) is -3.33. The maximum atomic E-state index is 11.9. The van der Waals surface area contributed by atoms with Gasteiger partial charge in [0.05, 0.1) is 0 Å². The molecule has 0 aromatic rings. The van der Waals surface area contributed by atoms with E-state index in [1.165, 1.54) is 13.8 Å². The average Bonchev–Trinajstić information content (AvgIpc) is 2.52. The second kappa shape index (κ2) is 3.50. The Hall–Kier alpha value is -0.640. The number of rotatable bonds is 3. The van der Waals surface area contributed by atoms with Crippen molar-refractivity contribution in [2.24, 2.45) is 0 Å². The minimum Gasteiger partial charge on any atom is -0.293 e. The second-order valence-corrected chi connectivity index (χ2v) is 6.80. The predicted octanol–water partition coefficient (Wildman–Crippen LogP) is 1.49. The number of hydrogen-bond donors (Lipinski definition) is 0. The molecule has 0 heterocycles. The van der Waals surface area contributed by atoms with Gasteiger partial charge in [-0.15, -0.1) is 0 Å². The predicted molar refractivity (Wildman–Crippen MR) is 55.9 cm³/mol. The summed E-state index contributed by atoms with van der Waals surface area (Å²) >= 11 is 0. The first kappa shape index (κ1) is 11.4. The van der Waals surface area contributed by atoms with Gasteiger partial charge in [-0.3, -0.25) is 4.79 Å². The van der Waals surface area contributed by atoms with Crippen molar-refractivity contribution >= 4 is 15.6 Å². The zero-order valence-electron chi connectivity index (χ0n) is 8.83. The minimum atomic E-state index is -3.33. The van der Waals surface area contributed by atoms with Crippen LogP contribution in [-0.2, 0) is 14.6 Å². The molecule has 0 saturated heterocycles. The molecule has 0 aliphatic heterocycles. The van der Waals surface area contributed by atoms with Gasteiger partial charge in [-0.25, -0.2) is 8.42 Å². The smallest absolute Gasteiger partial charge is 0.179 e. The lowest BCUT2D eigenvalue weighted by molar-refractivity contribution is -0.117. The zero-order chi connectivity index (χ0) is 11.0. The van der Waals surface area contributed by atoms with Gasteiger partial charge >= 0.3 is 0 Å². The molecule has 14 heavy (non-hydrogen) atoms. The lowest BCUT2D eigenvalue weighted by atomic mass is 10.00. The van der Waals surface area contributed by atoms with Crippen LogP contribution < -0.4 is 0 Å². The molecule has 1 rings (SSSR count). The Morgan fingerprint density at radius 2 is 2.00 bits per heavy atom. The highest BCUT2D eigenvalue weighted by Gasteiger charge is 2.39. The first-order valence-corrected chi connectivity index (χ1v) is 6.59. The largest absolute Gasteiger partial charge is 0.293 e. The maximum absolute atomic E-state index is 11.9. The fraction of sp³-hybridized carbons (Fsp3) is 0.700. The topological polar surface area (TPSA) is 51.2 Å². The Morgan fingerprint density at radius 1 is 1.43 bits per heavy atom. The van der Waals surface area contributed by atoms with Crippen LogP contribution in [0.25, 0.3) is 0 Å². The average molecular weight is 216 g/mol. The Labute approximate surface area is 85.1 Å². The van der Waals surface area contributed by atoms with E-state index in [2.05, 4.69) is 0 Å². The third kappa shape index (κ3) is 1.90. The lowest BCUT2D eigenvalue weighted by Gasteiger charge is -2.21. The summed E-state index contributed by atoms with van der Waals surface area (Å²) in [5.74, 6) is -0.238. The van der Waals surface area contributed by atoms with E-state index >= 15 is 0 Å². The summed E-state index contributed by atoms with van der Waals surface area (Å²) in [5, 5.41) is 0. The number of carbonyl (C=O) groups excluding carboxylic acids is 1. The Kier molecular flexibility index (Phi) is 2.86. The Bertz CT molecular complexity index is 374. The Morgan fingerprint density at radius 3 is 2.36 bits per heavy atom. The van der Waals surface area contributed by atoms with Crippen molar-refractivity contribution in [3.8, 4) is 0 Å². The number of carbonyl (C=O) groups is 1. The first-order valence-electron chi connectivity index (χ1n) is 4.70. The molecule has 0 aromatic heterocycles. The number of ketones is 1. The van der Waals surface area contributed by atoms with Gasteiger partial charge in [0.2, 0.25) is 0 Å². The zero-order valence-corrected chi connectivity index (χ0v) is 9.65. The van der Waals surface area contributed by atoms with Crippen LogP contribution in [0.3, 0.4) is 0 Å². The number of hydrogen-bond acceptors (Lipinski definition) is 3. The van der Waals surface area contributed by atoms with Gasteiger partial charge in [0.15, 0.2) is 15.6 Å². The molecule has 4 heteroatoms. The third-order valence-electron chi connectivity index (χ3n) is 2.81. The molecule has 0 amide bonds. The standard InChI is InChI=1S/C10H16O3S/c1-10(2,14(3,12)13)9(11)8-6-4-5-7-8/h6H,4-5,7H2,1-3H3. The molecule has 0 atom stereocenters. The van der Waals surface area contributed by atoms with Gasteiger partial charge in [0.1, 0.15) is 4.75 Å². The molecule has 3 nitrogen and oxygen atoms in total. The highest BCUT2D eigenvalue weighted by molar-refractivity contribution is 7.92. The summed E-state index contributed by atoms with van der Waals surface area (Å²) in [6.45, 7) is 2.95. The molecule has 80 valence electrons. The molecule has 1 aliphatic rings. The van der Waals surface area contributed by atoms with Crippen molar-refractivity contribution in [1.82, 2.24) is 0 Å². The fourth-order valence-corrected chi connectivity index (χ4v) is 1.90. The van der Waals surface area contributed by atoms with Gasteiger partial charge in [-0.2, -0.15) is 0 Å². The van der Waals surface area contributed by atoms with E-state index in [4.69, 9.17) is 0 Å². The molecule has 0 fully saturated rings. The molecular weight excluding hydrogens is 200 g/mol. The molecule has 0 aromatic carbocycles. The van der Waals surface area contributed by atoms with Gasteiger partial charge in [0, 0.05) is 6.26 Å². The molecule has 0 N–H and O–H groups in total. The van der Waals surface area contributed by atoms with Crippen LogP contribution in [0.2, 0.25) is 0 Å². The first-order chi connectivity index (χ1) is 6.27. The number of Topliss-reactive ketones (excluding diaryl/α,β-unsaturated/α-hetero) is 1. The van der Waals surface area contributed by atoms with E-state index in [0.29, 0.717) is 5.57 Å². The summed E-state index contributed by atoms with van der Waals surface area (Å²) in [6.07, 6.45) is 5.54. The van der Waals surface area contributed by atoms with Gasteiger partial charge < -0.3 is 0 Å². The monoisotopic (exact) mass is 216 g/mol. The number of allylic oxidation sites excluding steroid dienone is 2. The van der Waals surface area contributed by atoms with Crippen molar-refractivity contribution in [3.63, 3.8) is 0 Å². The second-order valence-electron chi connectivity index (χ2n) is 4.23. The SMILES string of the molecule is CC(C)(C(=O)C1=CCCC1)S(C)(=O)=O. The van der Waals surface area contributed by atoms with Crippen LogP contribution in [0.4, 0.5) is 0 Å². The third-order valence-corrected chi connectivity index (χ3v) is 4.85. The summed E-state index contributed by atoms with van der Waals surface area (Å²) in [6, 6.07) is 0. The van der Waals surface area contributed by atoms with Crippen molar-refractivity contribution in [1.29, 1.82) is 0 Å². The highest BCUT2D eigenvalue weighted by atomic mass is 32.2. The quantitative estimate of drug-likeness (QED) is 0.718. The van der Waals surface area contributed by atoms with Crippen molar-refractivity contribution in [2.75, 3.05) is 6.26 Å². The molecule has 0 spiro atoms.